The molecule has 1 aromatic rings. The van der Waals surface area contributed by atoms with Crippen LogP contribution >= 0.6 is 22.9 Å². The Morgan fingerprint density at radius 2 is 2.25 bits per heavy atom. The van der Waals surface area contributed by atoms with Crippen molar-refractivity contribution in [2.45, 2.75) is 0 Å². The molecule has 6 heteroatoms. The molecule has 0 fully saturated rings. The monoisotopic (exact) mass is 262 g/mol. The Balaban J connectivity index is 3.13. The van der Waals surface area contributed by atoms with E-state index in [1.807, 2.05) is 0 Å². The van der Waals surface area contributed by atoms with Crippen LogP contribution in [0.25, 0.3) is 0 Å². The summed E-state index contributed by atoms with van der Waals surface area (Å²) in [6.45, 7) is 3.77. The smallest absolute Gasteiger partial charge is 0.352 e. The molecule has 0 unspecified atom stereocenters. The molecule has 0 saturated heterocycles. The molecule has 0 aliphatic rings. The summed E-state index contributed by atoms with van der Waals surface area (Å²) in [6, 6.07) is 0. The third-order valence-corrected chi connectivity index (χ3v) is 3.25. The van der Waals surface area contributed by atoms with Gasteiger partial charge in [0.05, 0.1) is 14.2 Å². The van der Waals surface area contributed by atoms with Gasteiger partial charge in [-0.2, -0.15) is 0 Å². The predicted octanol–water partition coefficient (Wildman–Crippen LogP) is 2.76. The highest BCUT2D eigenvalue weighted by Crippen LogP contribution is 2.45. The van der Waals surface area contributed by atoms with Gasteiger partial charge in [-0.25, -0.2) is 4.79 Å². The van der Waals surface area contributed by atoms with Crippen LogP contribution in [0, 0.1) is 0 Å². The lowest BCUT2D eigenvalue weighted by Gasteiger charge is -2.03. The number of esters is 1. The average molecular weight is 263 g/mol. The van der Waals surface area contributed by atoms with E-state index in [2.05, 4.69) is 11.3 Å². The first kappa shape index (κ1) is 12.9. The lowest BCUT2D eigenvalue weighted by atomic mass is 10.4. The minimum atomic E-state index is -0.505. The number of rotatable bonds is 5. The molecule has 0 atom stereocenters. The third-order valence-electron chi connectivity index (χ3n) is 1.68. The SMILES string of the molecule is C=CCOc1c(C(=O)OC)sc(OC)c1Cl. The normalized spacial score (nSPS) is 9.69. The lowest BCUT2D eigenvalue weighted by Crippen LogP contribution is -2.02. The van der Waals surface area contributed by atoms with E-state index in [0.29, 0.717) is 5.06 Å². The lowest BCUT2D eigenvalue weighted by molar-refractivity contribution is 0.0602. The van der Waals surface area contributed by atoms with E-state index in [4.69, 9.17) is 21.1 Å². The van der Waals surface area contributed by atoms with Crippen LogP contribution in [-0.2, 0) is 4.74 Å². The van der Waals surface area contributed by atoms with Crippen LogP contribution in [0.3, 0.4) is 0 Å². The first-order valence-corrected chi connectivity index (χ1v) is 5.53. The molecule has 4 nitrogen and oxygen atoms in total. The van der Waals surface area contributed by atoms with Crippen molar-refractivity contribution in [1.29, 1.82) is 0 Å². The summed E-state index contributed by atoms with van der Waals surface area (Å²) < 4.78 is 14.9. The van der Waals surface area contributed by atoms with Gasteiger partial charge in [0.25, 0.3) is 0 Å². The van der Waals surface area contributed by atoms with Gasteiger partial charge in [0, 0.05) is 0 Å². The maximum Gasteiger partial charge on any atom is 0.352 e. The summed E-state index contributed by atoms with van der Waals surface area (Å²) in [6.07, 6.45) is 1.56. The standard InChI is InChI=1S/C10H11ClO4S/c1-4-5-15-7-6(11)10(14-3)16-8(7)9(12)13-2/h4H,1,5H2,2-3H3. The van der Waals surface area contributed by atoms with Gasteiger partial charge in [0.1, 0.15) is 11.6 Å². The fourth-order valence-corrected chi connectivity index (χ4v) is 2.28. The van der Waals surface area contributed by atoms with Gasteiger partial charge >= 0.3 is 5.97 Å². The highest BCUT2D eigenvalue weighted by atomic mass is 35.5. The Kier molecular flexibility index (Phi) is 4.64. The van der Waals surface area contributed by atoms with Crippen LogP contribution < -0.4 is 9.47 Å². The fraction of sp³-hybridized carbons (Fsp3) is 0.300. The molecule has 0 spiro atoms. The first-order valence-electron chi connectivity index (χ1n) is 4.34. The fourth-order valence-electron chi connectivity index (χ4n) is 1.01. The highest BCUT2D eigenvalue weighted by Gasteiger charge is 2.24. The number of carbonyl (C=O) groups is 1. The van der Waals surface area contributed by atoms with Crippen molar-refractivity contribution in [3.05, 3.63) is 22.6 Å². The Hall–Kier alpha value is -1.20. The van der Waals surface area contributed by atoms with Crippen molar-refractivity contribution in [2.24, 2.45) is 0 Å². The zero-order valence-corrected chi connectivity index (χ0v) is 10.5. The number of halogens is 1. The maximum atomic E-state index is 11.4. The van der Waals surface area contributed by atoms with Gasteiger partial charge in [-0.15, -0.1) is 0 Å². The van der Waals surface area contributed by atoms with E-state index in [0.717, 1.165) is 11.3 Å². The molecule has 1 rings (SSSR count). The Morgan fingerprint density at radius 3 is 2.75 bits per heavy atom. The topological polar surface area (TPSA) is 44.8 Å². The molecule has 16 heavy (non-hydrogen) atoms. The van der Waals surface area contributed by atoms with E-state index in [1.54, 1.807) is 6.08 Å². The van der Waals surface area contributed by atoms with E-state index < -0.39 is 5.97 Å². The summed E-state index contributed by atoms with van der Waals surface area (Å²) in [5.41, 5.74) is 0. The molecular weight excluding hydrogens is 252 g/mol. The number of carbonyl (C=O) groups excluding carboxylic acids is 1. The van der Waals surface area contributed by atoms with E-state index >= 15 is 0 Å². The Morgan fingerprint density at radius 1 is 1.56 bits per heavy atom. The highest BCUT2D eigenvalue weighted by molar-refractivity contribution is 7.16. The van der Waals surface area contributed by atoms with Gasteiger partial charge in [-0.3, -0.25) is 0 Å². The molecule has 1 aromatic heterocycles. The molecule has 0 saturated carbocycles. The largest absolute Gasteiger partial charge is 0.486 e. The Bertz CT molecular complexity index is 400. The predicted molar refractivity (Wildman–Crippen MR) is 62.9 cm³/mol. The van der Waals surface area contributed by atoms with Crippen LogP contribution in [0.5, 0.6) is 10.8 Å². The van der Waals surface area contributed by atoms with Gasteiger partial charge in [0.15, 0.2) is 15.7 Å². The van der Waals surface area contributed by atoms with Crippen LogP contribution in [0.15, 0.2) is 12.7 Å². The molecule has 0 bridgehead atoms. The zero-order valence-electron chi connectivity index (χ0n) is 8.91. The summed E-state index contributed by atoms with van der Waals surface area (Å²) in [4.78, 5) is 11.7. The molecule has 0 aromatic carbocycles. The van der Waals surface area contributed by atoms with Crippen LogP contribution in [0.4, 0.5) is 0 Å². The van der Waals surface area contributed by atoms with Gasteiger partial charge < -0.3 is 14.2 Å². The van der Waals surface area contributed by atoms with Gasteiger partial charge in [-0.1, -0.05) is 35.6 Å². The summed E-state index contributed by atoms with van der Waals surface area (Å²) in [5, 5.41) is 0.691. The number of hydrogen-bond donors (Lipinski definition) is 0. The second-order valence-electron chi connectivity index (χ2n) is 2.66. The number of methoxy groups -OCH3 is 2. The van der Waals surface area contributed by atoms with Gasteiger partial charge in [0.2, 0.25) is 0 Å². The van der Waals surface area contributed by atoms with Crippen molar-refractivity contribution >= 4 is 28.9 Å². The van der Waals surface area contributed by atoms with E-state index in [-0.39, 0.29) is 22.3 Å². The van der Waals surface area contributed by atoms with Crippen molar-refractivity contribution in [3.63, 3.8) is 0 Å². The van der Waals surface area contributed by atoms with Crippen molar-refractivity contribution in [1.82, 2.24) is 0 Å². The summed E-state index contributed by atoms with van der Waals surface area (Å²) in [7, 11) is 2.76. The second-order valence-corrected chi connectivity index (χ2v) is 4.02. The zero-order chi connectivity index (χ0) is 12.1. The van der Waals surface area contributed by atoms with Crippen LogP contribution in [-0.4, -0.2) is 26.8 Å². The van der Waals surface area contributed by atoms with Crippen molar-refractivity contribution < 1.29 is 19.0 Å². The number of thiophene rings is 1. The summed E-state index contributed by atoms with van der Waals surface area (Å²) in [5.74, 6) is -0.232. The molecular formula is C10H11ClO4S. The molecule has 0 N–H and O–H groups in total. The average Bonchev–Trinajstić information content (AvgIpc) is 2.62. The molecule has 1 heterocycles. The van der Waals surface area contributed by atoms with Crippen LogP contribution in [0.1, 0.15) is 9.67 Å². The Labute approximate surface area is 102 Å². The van der Waals surface area contributed by atoms with Crippen molar-refractivity contribution in [2.75, 3.05) is 20.8 Å². The van der Waals surface area contributed by atoms with Crippen LogP contribution in [0.2, 0.25) is 5.02 Å². The minimum Gasteiger partial charge on any atom is -0.486 e. The molecule has 88 valence electrons. The third kappa shape index (κ3) is 2.48. The number of hydrogen-bond acceptors (Lipinski definition) is 5. The molecule has 0 aliphatic carbocycles. The van der Waals surface area contributed by atoms with Gasteiger partial charge in [-0.05, 0) is 0 Å². The number of ether oxygens (including phenoxy) is 3. The van der Waals surface area contributed by atoms with Crippen molar-refractivity contribution in [3.8, 4) is 10.8 Å². The maximum absolute atomic E-state index is 11.4. The van der Waals surface area contributed by atoms with E-state index in [1.165, 1.54) is 14.2 Å². The quantitative estimate of drug-likeness (QED) is 0.605. The van der Waals surface area contributed by atoms with E-state index in [9.17, 15) is 4.79 Å². The first-order chi connectivity index (χ1) is 7.65. The molecule has 0 aliphatic heterocycles. The second kappa shape index (κ2) is 5.77. The minimum absolute atomic E-state index is 0.254. The molecule has 0 amide bonds. The summed E-state index contributed by atoms with van der Waals surface area (Å²) >= 11 is 7.07. The molecule has 0 radical (unpaired) electrons.